The summed E-state index contributed by atoms with van der Waals surface area (Å²) in [5.41, 5.74) is 0.463. The Morgan fingerprint density at radius 2 is 1.33 bits per heavy atom. The van der Waals surface area contributed by atoms with E-state index in [1.165, 1.54) is 12.1 Å². The molecule has 0 saturated heterocycles. The maximum absolute atomic E-state index is 12.8. The number of hydrazone groups is 1. The molecular formula is C30H33N7O14. The Kier molecular flexibility index (Phi) is 11.7. The number of imide groups is 1. The third-order valence-electron chi connectivity index (χ3n) is 6.96. The highest BCUT2D eigenvalue weighted by Crippen LogP contribution is 2.28. The lowest BCUT2D eigenvalue weighted by molar-refractivity contribution is -0.216. The zero-order valence-electron chi connectivity index (χ0n) is 28.2. The molecule has 1 aromatic heterocycles. The lowest BCUT2D eigenvalue weighted by Crippen LogP contribution is -2.59. The Morgan fingerprint density at radius 3 is 1.86 bits per heavy atom. The first kappa shape index (κ1) is 37.5. The molecule has 2 aliphatic rings. The van der Waals surface area contributed by atoms with Crippen molar-refractivity contribution >= 4 is 53.5 Å². The van der Waals surface area contributed by atoms with Crippen molar-refractivity contribution in [3.63, 3.8) is 0 Å². The van der Waals surface area contributed by atoms with Crippen molar-refractivity contribution in [3.8, 4) is 0 Å². The van der Waals surface area contributed by atoms with Crippen LogP contribution in [0.25, 0.3) is 0 Å². The van der Waals surface area contributed by atoms with Crippen molar-refractivity contribution in [2.45, 2.75) is 85.3 Å². The Labute approximate surface area is 288 Å². The molecule has 21 nitrogen and oxygen atoms in total. The molecule has 21 heteroatoms. The average molecular weight is 716 g/mol. The van der Waals surface area contributed by atoms with Crippen LogP contribution in [-0.4, -0.2) is 121 Å². The minimum absolute atomic E-state index is 0.0238. The summed E-state index contributed by atoms with van der Waals surface area (Å²) in [4.78, 5) is 101. The summed E-state index contributed by atoms with van der Waals surface area (Å²) in [5.74, 6) is -6.76. The summed E-state index contributed by atoms with van der Waals surface area (Å²) in [6.45, 7) is 4.72. The fourth-order valence-corrected chi connectivity index (χ4v) is 5.11. The standard InChI is InChI=1S/C30H33N7O14/c1-14(38)37-30(27(50-19(6)43)26(49-18(5)42)25(48-17(4)41)22(47-16(3)40)13-46-15(2)39)51-24(33-37)12-36-32-23(31-34-36)11-35-28(44)20-9-7-8-10-21(20)29(35)45/h7-10,22,25-27,30H,11-13H2,1-6H3/t22-,25+,26+,27-,30?/m1/s1. The molecule has 1 aromatic carbocycles. The van der Waals surface area contributed by atoms with E-state index in [9.17, 15) is 38.4 Å². The molecule has 3 amide bonds. The van der Waals surface area contributed by atoms with Crippen LogP contribution in [0.4, 0.5) is 0 Å². The molecule has 0 bridgehead atoms. The number of rotatable bonds is 14. The van der Waals surface area contributed by atoms with Gasteiger partial charge in [0, 0.05) is 41.5 Å². The van der Waals surface area contributed by atoms with E-state index in [4.69, 9.17) is 28.4 Å². The topological polar surface area (TPSA) is 254 Å². The first-order valence-corrected chi connectivity index (χ1v) is 15.1. The van der Waals surface area contributed by atoms with Gasteiger partial charge in [-0.25, -0.2) is 0 Å². The summed E-state index contributed by atoms with van der Waals surface area (Å²) < 4.78 is 32.5. The van der Waals surface area contributed by atoms with Crippen LogP contribution in [0.5, 0.6) is 0 Å². The maximum atomic E-state index is 12.8. The van der Waals surface area contributed by atoms with Gasteiger partial charge in [-0.3, -0.25) is 43.3 Å². The molecule has 1 unspecified atom stereocenters. The molecule has 0 saturated carbocycles. The highest BCUT2D eigenvalue weighted by Gasteiger charge is 2.52. The van der Waals surface area contributed by atoms with Gasteiger partial charge in [0.1, 0.15) is 13.2 Å². The van der Waals surface area contributed by atoms with E-state index in [0.29, 0.717) is 0 Å². The van der Waals surface area contributed by atoms with E-state index in [1.54, 1.807) is 12.1 Å². The number of ether oxygens (including phenoxy) is 6. The largest absolute Gasteiger partial charge is 0.462 e. The maximum Gasteiger partial charge on any atom is 0.303 e. The monoisotopic (exact) mass is 715 g/mol. The molecule has 51 heavy (non-hydrogen) atoms. The third-order valence-corrected chi connectivity index (χ3v) is 6.96. The number of aromatic nitrogens is 4. The summed E-state index contributed by atoms with van der Waals surface area (Å²) in [6, 6.07) is 6.29. The quantitative estimate of drug-likeness (QED) is 0.133. The van der Waals surface area contributed by atoms with Gasteiger partial charge >= 0.3 is 29.8 Å². The van der Waals surface area contributed by atoms with Crippen molar-refractivity contribution in [1.82, 2.24) is 30.1 Å². The smallest absolute Gasteiger partial charge is 0.303 e. The first-order valence-electron chi connectivity index (χ1n) is 15.1. The minimum Gasteiger partial charge on any atom is -0.462 e. The lowest BCUT2D eigenvalue weighted by atomic mass is 10.00. The Morgan fingerprint density at radius 1 is 0.765 bits per heavy atom. The van der Waals surface area contributed by atoms with Crippen molar-refractivity contribution in [2.24, 2.45) is 5.10 Å². The second kappa shape index (κ2) is 16.0. The average Bonchev–Trinajstić information content (AvgIpc) is 3.73. The summed E-state index contributed by atoms with van der Waals surface area (Å²) >= 11 is 0. The van der Waals surface area contributed by atoms with Crippen molar-refractivity contribution < 1.29 is 66.8 Å². The van der Waals surface area contributed by atoms with Crippen LogP contribution in [0, 0.1) is 0 Å². The predicted octanol–water partition coefficient (Wildman–Crippen LogP) is -0.722. The van der Waals surface area contributed by atoms with Crippen molar-refractivity contribution in [2.75, 3.05) is 6.61 Å². The molecule has 2 aromatic rings. The molecular weight excluding hydrogens is 682 g/mol. The van der Waals surface area contributed by atoms with Gasteiger partial charge in [-0.2, -0.15) is 9.81 Å². The molecule has 0 N–H and O–H groups in total. The fraction of sp³-hybridized carbons (Fsp3) is 0.467. The molecule has 5 atom stereocenters. The van der Waals surface area contributed by atoms with E-state index in [0.717, 1.165) is 56.2 Å². The zero-order valence-corrected chi connectivity index (χ0v) is 28.2. The number of benzene rings is 1. The Hall–Kier alpha value is -6.28. The lowest BCUT2D eigenvalue weighted by Gasteiger charge is -2.37. The van der Waals surface area contributed by atoms with Gasteiger partial charge < -0.3 is 28.4 Å². The highest BCUT2D eigenvalue weighted by molar-refractivity contribution is 6.21. The minimum atomic E-state index is -1.87. The van der Waals surface area contributed by atoms with Gasteiger partial charge in [-0.1, -0.05) is 12.1 Å². The van der Waals surface area contributed by atoms with Gasteiger partial charge in [-0.05, 0) is 17.3 Å². The Bertz CT molecular complexity index is 1740. The molecule has 3 heterocycles. The van der Waals surface area contributed by atoms with Crippen LogP contribution in [0.2, 0.25) is 0 Å². The zero-order chi connectivity index (χ0) is 37.6. The Balaban J connectivity index is 1.62. The second-order valence-electron chi connectivity index (χ2n) is 11.0. The molecule has 0 aliphatic carbocycles. The van der Waals surface area contributed by atoms with Crippen LogP contribution in [0.15, 0.2) is 29.4 Å². The van der Waals surface area contributed by atoms with Gasteiger partial charge in [-0.15, -0.1) is 15.3 Å². The van der Waals surface area contributed by atoms with Gasteiger partial charge in [0.15, 0.2) is 30.2 Å². The number of hydrogen-bond donors (Lipinski definition) is 0. The van der Waals surface area contributed by atoms with Gasteiger partial charge in [0.25, 0.3) is 11.8 Å². The van der Waals surface area contributed by atoms with E-state index in [1.807, 2.05) is 0 Å². The molecule has 272 valence electrons. The number of carbonyl (C=O) groups excluding carboxylic acids is 8. The second-order valence-corrected chi connectivity index (χ2v) is 11.0. The summed E-state index contributed by atoms with van der Waals surface area (Å²) in [6.07, 6.45) is -8.82. The molecule has 0 fully saturated rings. The summed E-state index contributed by atoms with van der Waals surface area (Å²) in [7, 11) is 0. The van der Waals surface area contributed by atoms with E-state index in [2.05, 4.69) is 20.5 Å². The van der Waals surface area contributed by atoms with Gasteiger partial charge in [0.05, 0.1) is 17.7 Å². The predicted molar refractivity (Wildman–Crippen MR) is 162 cm³/mol. The van der Waals surface area contributed by atoms with Crippen molar-refractivity contribution in [1.29, 1.82) is 0 Å². The number of fused-ring (bicyclic) bond motifs is 1. The molecule has 0 radical (unpaired) electrons. The van der Waals surface area contributed by atoms with Crippen LogP contribution < -0.4 is 0 Å². The van der Waals surface area contributed by atoms with Crippen LogP contribution >= 0.6 is 0 Å². The fourth-order valence-electron chi connectivity index (χ4n) is 5.11. The number of amides is 3. The van der Waals surface area contributed by atoms with Crippen LogP contribution in [0.1, 0.15) is 68.1 Å². The van der Waals surface area contributed by atoms with E-state index >= 15 is 0 Å². The normalized spacial score (nSPS) is 17.3. The van der Waals surface area contributed by atoms with Crippen LogP contribution in [-0.2, 0) is 70.3 Å². The number of esters is 5. The molecule has 0 spiro atoms. The van der Waals surface area contributed by atoms with Crippen LogP contribution in [0.3, 0.4) is 0 Å². The van der Waals surface area contributed by atoms with E-state index in [-0.39, 0.29) is 29.4 Å². The van der Waals surface area contributed by atoms with Gasteiger partial charge in [0.2, 0.25) is 18.0 Å². The third kappa shape index (κ3) is 9.25. The number of tetrazole rings is 1. The SMILES string of the molecule is CC(=O)OC[C@@H](OC(C)=O)[C@H](OC(C)=O)[C@H](OC(C)=O)[C@@H](OC(C)=O)C1OC(Cn2nnc(CN3C(=O)c4ccccc4C3=O)n2)=NN1C(C)=O. The number of hydrogen-bond acceptors (Lipinski definition) is 18. The highest BCUT2D eigenvalue weighted by atomic mass is 16.7. The first-order chi connectivity index (χ1) is 24.0. The van der Waals surface area contributed by atoms with E-state index < -0.39 is 91.4 Å². The number of carbonyl (C=O) groups is 8. The summed E-state index contributed by atoms with van der Waals surface area (Å²) in [5, 5.41) is 16.8. The molecule has 2 aliphatic heterocycles. The number of nitrogens with zero attached hydrogens (tertiary/aromatic N) is 7. The van der Waals surface area contributed by atoms with Crippen molar-refractivity contribution in [3.05, 3.63) is 41.2 Å². The molecule has 4 rings (SSSR count).